The average Bonchev–Trinajstić information content (AvgIpc) is 2.71. The third-order valence-electron chi connectivity index (χ3n) is 3.92. The van der Waals surface area contributed by atoms with Crippen LogP contribution in [0.1, 0.15) is 24.3 Å². The van der Waals surface area contributed by atoms with Gasteiger partial charge in [0.05, 0.1) is 6.54 Å². The lowest BCUT2D eigenvalue weighted by molar-refractivity contribution is -0.608. The SMILES string of the molecule is CCN(CC(=O)Nc1ccc(NC(C)=O)cc1)C(=O)COC(=O)c1cccc[n+]1[O-]. The molecule has 0 saturated carbocycles. The molecule has 1 heterocycles. The van der Waals surface area contributed by atoms with Crippen molar-refractivity contribution in [3.05, 3.63) is 59.6 Å². The van der Waals surface area contributed by atoms with Crippen LogP contribution in [0.2, 0.25) is 0 Å². The molecule has 0 atom stereocenters. The van der Waals surface area contributed by atoms with Crippen molar-refractivity contribution in [1.29, 1.82) is 0 Å². The first-order chi connectivity index (χ1) is 14.3. The lowest BCUT2D eigenvalue weighted by atomic mass is 10.2. The zero-order valence-corrected chi connectivity index (χ0v) is 16.6. The Bertz CT molecular complexity index is 929. The van der Waals surface area contributed by atoms with E-state index in [1.807, 2.05) is 0 Å². The second kappa shape index (κ2) is 10.6. The van der Waals surface area contributed by atoms with Crippen molar-refractivity contribution in [3.8, 4) is 0 Å². The number of esters is 1. The summed E-state index contributed by atoms with van der Waals surface area (Å²) < 4.78 is 5.22. The van der Waals surface area contributed by atoms with E-state index in [1.54, 1.807) is 31.2 Å². The zero-order chi connectivity index (χ0) is 22.1. The lowest BCUT2D eigenvalue weighted by Crippen LogP contribution is -2.41. The highest BCUT2D eigenvalue weighted by atomic mass is 16.5. The minimum Gasteiger partial charge on any atom is -0.618 e. The largest absolute Gasteiger partial charge is 0.618 e. The van der Waals surface area contributed by atoms with E-state index in [4.69, 9.17) is 4.74 Å². The molecule has 0 spiro atoms. The Morgan fingerprint density at radius 1 is 1.03 bits per heavy atom. The molecule has 0 aliphatic rings. The maximum absolute atomic E-state index is 12.3. The van der Waals surface area contributed by atoms with Crippen LogP contribution in [0.3, 0.4) is 0 Å². The van der Waals surface area contributed by atoms with E-state index in [0.29, 0.717) is 16.1 Å². The van der Waals surface area contributed by atoms with E-state index in [9.17, 15) is 24.4 Å². The van der Waals surface area contributed by atoms with Crippen LogP contribution in [0, 0.1) is 5.21 Å². The summed E-state index contributed by atoms with van der Waals surface area (Å²) in [6.07, 6.45) is 1.14. The van der Waals surface area contributed by atoms with Gasteiger partial charge in [-0.25, -0.2) is 4.79 Å². The number of nitrogens with one attached hydrogen (secondary N) is 2. The molecule has 3 amide bonds. The van der Waals surface area contributed by atoms with Crippen LogP contribution in [-0.4, -0.2) is 48.3 Å². The van der Waals surface area contributed by atoms with Crippen molar-refractivity contribution in [3.63, 3.8) is 0 Å². The summed E-state index contributed by atoms with van der Waals surface area (Å²) in [7, 11) is 0. The van der Waals surface area contributed by atoms with Gasteiger partial charge in [0.25, 0.3) is 5.91 Å². The molecule has 1 aromatic heterocycles. The van der Waals surface area contributed by atoms with Gasteiger partial charge in [0, 0.05) is 37.0 Å². The number of ether oxygens (including phenoxy) is 1. The van der Waals surface area contributed by atoms with Gasteiger partial charge in [-0.15, -0.1) is 0 Å². The van der Waals surface area contributed by atoms with Crippen molar-refractivity contribution in [1.82, 2.24) is 4.90 Å². The minimum absolute atomic E-state index is 0.207. The number of hydrogen-bond donors (Lipinski definition) is 2. The molecule has 1 aromatic carbocycles. The Morgan fingerprint density at radius 2 is 1.67 bits per heavy atom. The summed E-state index contributed by atoms with van der Waals surface area (Å²) in [4.78, 5) is 48.7. The van der Waals surface area contributed by atoms with Gasteiger partial charge < -0.3 is 25.5 Å². The van der Waals surface area contributed by atoms with Crippen LogP contribution in [0.4, 0.5) is 11.4 Å². The van der Waals surface area contributed by atoms with E-state index >= 15 is 0 Å². The van der Waals surface area contributed by atoms with Crippen LogP contribution < -0.4 is 15.4 Å². The highest BCUT2D eigenvalue weighted by Gasteiger charge is 2.21. The van der Waals surface area contributed by atoms with Crippen LogP contribution in [0.25, 0.3) is 0 Å². The van der Waals surface area contributed by atoms with Gasteiger partial charge in [-0.1, -0.05) is 0 Å². The molecule has 0 radical (unpaired) electrons. The number of anilines is 2. The highest BCUT2D eigenvalue weighted by Crippen LogP contribution is 2.13. The molecule has 0 aliphatic carbocycles. The van der Waals surface area contributed by atoms with E-state index in [1.165, 1.54) is 30.0 Å². The van der Waals surface area contributed by atoms with Crippen LogP contribution in [-0.2, 0) is 19.1 Å². The van der Waals surface area contributed by atoms with Crippen molar-refractivity contribution in [2.75, 3.05) is 30.3 Å². The Balaban J connectivity index is 1.86. The molecule has 0 unspecified atom stereocenters. The van der Waals surface area contributed by atoms with Gasteiger partial charge >= 0.3 is 11.7 Å². The number of carbonyl (C=O) groups is 4. The molecule has 0 aliphatic heterocycles. The summed E-state index contributed by atoms with van der Waals surface area (Å²) in [5.74, 6) is -2.15. The normalized spacial score (nSPS) is 10.1. The fourth-order valence-electron chi connectivity index (χ4n) is 2.47. The third-order valence-corrected chi connectivity index (χ3v) is 3.92. The second-order valence-electron chi connectivity index (χ2n) is 6.20. The van der Waals surface area contributed by atoms with Gasteiger partial charge in [-0.05, 0) is 37.3 Å². The summed E-state index contributed by atoms with van der Waals surface area (Å²) in [6, 6.07) is 10.7. The molecule has 0 saturated heterocycles. The van der Waals surface area contributed by atoms with Crippen molar-refractivity contribution < 1.29 is 28.6 Å². The Hall–Kier alpha value is -3.95. The molecular weight excluding hydrogens is 392 g/mol. The zero-order valence-electron chi connectivity index (χ0n) is 16.6. The van der Waals surface area contributed by atoms with Gasteiger partial charge in [0.15, 0.2) is 12.8 Å². The number of hydrogen-bond acceptors (Lipinski definition) is 6. The van der Waals surface area contributed by atoms with Gasteiger partial charge in [0.2, 0.25) is 11.8 Å². The molecular formula is C20H22N4O6. The lowest BCUT2D eigenvalue weighted by Gasteiger charge is -2.20. The van der Waals surface area contributed by atoms with Gasteiger partial charge in [-0.3, -0.25) is 14.4 Å². The first kappa shape index (κ1) is 22.3. The average molecular weight is 414 g/mol. The first-order valence-corrected chi connectivity index (χ1v) is 9.10. The number of aromatic nitrogens is 1. The molecule has 2 rings (SSSR count). The predicted molar refractivity (Wildman–Crippen MR) is 107 cm³/mol. The molecule has 158 valence electrons. The molecule has 0 bridgehead atoms. The number of amides is 3. The summed E-state index contributed by atoms with van der Waals surface area (Å²) >= 11 is 0. The quantitative estimate of drug-likeness (QED) is 0.375. The summed E-state index contributed by atoms with van der Waals surface area (Å²) in [5.41, 5.74) is 0.840. The van der Waals surface area contributed by atoms with E-state index in [-0.39, 0.29) is 24.7 Å². The first-order valence-electron chi connectivity index (χ1n) is 9.10. The number of carbonyl (C=O) groups excluding carboxylic acids is 4. The molecule has 0 fully saturated rings. The van der Waals surface area contributed by atoms with Crippen molar-refractivity contribution in [2.24, 2.45) is 0 Å². The number of benzene rings is 1. The predicted octanol–water partition coefficient (Wildman–Crippen LogP) is 0.922. The molecule has 2 aromatic rings. The summed E-state index contributed by atoms with van der Waals surface area (Å²) in [5, 5.41) is 16.8. The summed E-state index contributed by atoms with van der Waals surface area (Å²) in [6.45, 7) is 2.45. The molecule has 2 N–H and O–H groups in total. The van der Waals surface area contributed by atoms with Crippen LogP contribution >= 0.6 is 0 Å². The molecule has 10 nitrogen and oxygen atoms in total. The number of pyridine rings is 1. The number of rotatable bonds is 8. The monoisotopic (exact) mass is 414 g/mol. The number of nitrogens with zero attached hydrogens (tertiary/aromatic N) is 2. The Kier molecular flexibility index (Phi) is 7.86. The van der Waals surface area contributed by atoms with Crippen molar-refractivity contribution in [2.45, 2.75) is 13.8 Å². The molecule has 10 heteroatoms. The van der Waals surface area contributed by atoms with Gasteiger partial charge in [-0.2, -0.15) is 4.73 Å². The van der Waals surface area contributed by atoms with E-state index in [2.05, 4.69) is 10.6 Å². The maximum Gasteiger partial charge on any atom is 0.405 e. The van der Waals surface area contributed by atoms with Crippen LogP contribution in [0.15, 0.2) is 48.7 Å². The number of likely N-dealkylation sites (N-methyl/N-ethyl adjacent to an activating group) is 1. The van der Waals surface area contributed by atoms with E-state index < -0.39 is 24.4 Å². The van der Waals surface area contributed by atoms with Crippen molar-refractivity contribution >= 4 is 35.1 Å². The Labute approximate surface area is 173 Å². The van der Waals surface area contributed by atoms with Gasteiger partial charge in [0.1, 0.15) is 0 Å². The third kappa shape index (κ3) is 6.59. The molecule has 30 heavy (non-hydrogen) atoms. The van der Waals surface area contributed by atoms with E-state index in [0.717, 1.165) is 6.20 Å². The topological polar surface area (TPSA) is 132 Å². The fraction of sp³-hybridized carbons (Fsp3) is 0.250. The maximum atomic E-state index is 12.3. The fourth-order valence-corrected chi connectivity index (χ4v) is 2.47. The smallest absolute Gasteiger partial charge is 0.405 e. The van der Waals surface area contributed by atoms with Crippen LogP contribution in [0.5, 0.6) is 0 Å². The Morgan fingerprint density at radius 3 is 2.23 bits per heavy atom. The highest BCUT2D eigenvalue weighted by molar-refractivity contribution is 5.95. The minimum atomic E-state index is -0.932. The standard InChI is InChI=1S/C20H22N4O6/c1-3-23(19(27)13-30-20(28)17-6-4-5-11-24(17)29)12-18(26)22-16-9-7-15(8-10-16)21-14(2)25/h4-11H,3,12-13H2,1-2H3,(H,21,25)(H,22,26). The second-order valence-corrected chi connectivity index (χ2v) is 6.20.